The number of halogens is 1. The summed E-state index contributed by atoms with van der Waals surface area (Å²) in [4.78, 5) is 9.38. The fourth-order valence-electron chi connectivity index (χ4n) is 3.84. The molecule has 1 saturated heterocycles. The summed E-state index contributed by atoms with van der Waals surface area (Å²) in [6.07, 6.45) is 0. The van der Waals surface area contributed by atoms with Gasteiger partial charge in [0, 0.05) is 44.3 Å². The summed E-state index contributed by atoms with van der Waals surface area (Å²) in [5.41, 5.74) is 3.20. The van der Waals surface area contributed by atoms with E-state index >= 15 is 0 Å². The summed E-state index contributed by atoms with van der Waals surface area (Å²) in [7, 11) is -3.42. The van der Waals surface area contributed by atoms with Crippen LogP contribution in [0.1, 0.15) is 11.4 Å². The molecule has 1 fully saturated rings. The third kappa shape index (κ3) is 5.39. The number of aromatic nitrogens is 2. The molecular formula is C21H26ClN5O2S. The number of nitrogens with zero attached hydrogens (tertiary/aromatic N) is 4. The molecule has 1 aliphatic heterocycles. The summed E-state index contributed by atoms with van der Waals surface area (Å²) in [6.45, 7) is 5.34. The second kappa shape index (κ2) is 9.03. The van der Waals surface area contributed by atoms with E-state index in [9.17, 15) is 8.42 Å². The lowest BCUT2D eigenvalue weighted by Gasteiger charge is -2.34. The predicted molar refractivity (Wildman–Crippen MR) is 120 cm³/mol. The molecular weight excluding hydrogens is 422 g/mol. The van der Waals surface area contributed by atoms with Crippen molar-refractivity contribution in [3.05, 3.63) is 64.9 Å². The molecule has 2 N–H and O–H groups in total. The van der Waals surface area contributed by atoms with E-state index in [4.69, 9.17) is 21.7 Å². The second-order valence-electron chi connectivity index (χ2n) is 7.72. The van der Waals surface area contributed by atoms with Crippen molar-refractivity contribution in [1.29, 1.82) is 0 Å². The third-order valence-corrected chi connectivity index (χ3v) is 6.48. The number of primary sulfonamides is 1. The Labute approximate surface area is 182 Å². The largest absolute Gasteiger partial charge is 0.322 e. The summed E-state index contributed by atoms with van der Waals surface area (Å²) in [5.74, 6) is 1.01. The van der Waals surface area contributed by atoms with Crippen LogP contribution in [0.25, 0.3) is 11.0 Å². The molecule has 160 valence electrons. The Balaban J connectivity index is 1.49. The molecule has 0 amide bonds. The van der Waals surface area contributed by atoms with Gasteiger partial charge < -0.3 is 4.57 Å². The van der Waals surface area contributed by atoms with Gasteiger partial charge in [0.2, 0.25) is 10.0 Å². The Bertz CT molecular complexity index is 1110. The van der Waals surface area contributed by atoms with Gasteiger partial charge >= 0.3 is 0 Å². The van der Waals surface area contributed by atoms with Gasteiger partial charge in [-0.05, 0) is 23.8 Å². The average molecular weight is 448 g/mol. The lowest BCUT2D eigenvalue weighted by Crippen LogP contribution is -2.47. The van der Waals surface area contributed by atoms with Crippen molar-refractivity contribution in [2.45, 2.75) is 13.1 Å². The van der Waals surface area contributed by atoms with E-state index in [1.165, 1.54) is 5.56 Å². The van der Waals surface area contributed by atoms with Crippen LogP contribution in [0, 0.1) is 0 Å². The highest BCUT2D eigenvalue weighted by Crippen LogP contribution is 2.23. The molecule has 2 aromatic carbocycles. The van der Waals surface area contributed by atoms with Gasteiger partial charge in [-0.2, -0.15) is 0 Å². The van der Waals surface area contributed by atoms with Crippen molar-refractivity contribution < 1.29 is 8.42 Å². The van der Waals surface area contributed by atoms with Gasteiger partial charge in [0.1, 0.15) is 5.82 Å². The van der Waals surface area contributed by atoms with Gasteiger partial charge in [-0.25, -0.2) is 18.5 Å². The Kier molecular flexibility index (Phi) is 6.40. The van der Waals surface area contributed by atoms with Gasteiger partial charge in [0.05, 0.1) is 23.3 Å². The minimum absolute atomic E-state index is 0.000626. The molecule has 0 aliphatic carbocycles. The molecule has 1 aromatic heterocycles. The molecule has 0 spiro atoms. The lowest BCUT2D eigenvalue weighted by atomic mass is 10.2. The SMILES string of the molecule is NS(=O)(=O)CCN1CCN(Cc2nc3cc(Cl)ccc3n2Cc2ccccc2)CC1. The Morgan fingerprint density at radius 2 is 1.67 bits per heavy atom. The smallest absolute Gasteiger partial charge is 0.210 e. The molecule has 9 heteroatoms. The fourth-order valence-corrected chi connectivity index (χ4v) is 4.52. The first kappa shape index (κ1) is 21.3. The van der Waals surface area contributed by atoms with Crippen molar-refractivity contribution in [3.8, 4) is 0 Å². The van der Waals surface area contributed by atoms with E-state index in [-0.39, 0.29) is 5.75 Å². The van der Waals surface area contributed by atoms with Crippen LogP contribution in [-0.2, 0) is 23.1 Å². The molecule has 4 rings (SSSR count). The molecule has 0 unspecified atom stereocenters. The highest BCUT2D eigenvalue weighted by atomic mass is 35.5. The van der Waals surface area contributed by atoms with Crippen LogP contribution in [0.3, 0.4) is 0 Å². The number of rotatable bonds is 7. The van der Waals surface area contributed by atoms with Crippen molar-refractivity contribution in [2.24, 2.45) is 5.14 Å². The molecule has 0 saturated carbocycles. The van der Waals surface area contributed by atoms with Crippen LogP contribution in [0.4, 0.5) is 0 Å². The second-order valence-corrected chi connectivity index (χ2v) is 9.89. The van der Waals surface area contributed by atoms with Crippen LogP contribution >= 0.6 is 11.6 Å². The standard InChI is InChI=1S/C21H26ClN5O2S/c22-18-6-7-20-19(14-18)24-21(27(20)15-17-4-2-1-3-5-17)16-26-10-8-25(9-11-26)12-13-30(23,28)29/h1-7,14H,8-13,15-16H2,(H2,23,28,29). The number of sulfonamides is 1. The molecule has 0 radical (unpaired) electrons. The van der Waals surface area contributed by atoms with Crippen LogP contribution in [0.2, 0.25) is 5.02 Å². The molecule has 7 nitrogen and oxygen atoms in total. The molecule has 3 aromatic rings. The van der Waals surface area contributed by atoms with Crippen LogP contribution < -0.4 is 5.14 Å². The number of hydrogen-bond acceptors (Lipinski definition) is 5. The maximum atomic E-state index is 11.2. The number of fused-ring (bicyclic) bond motifs is 1. The topological polar surface area (TPSA) is 84.5 Å². The normalized spacial score (nSPS) is 16.3. The van der Waals surface area contributed by atoms with Crippen LogP contribution in [0.5, 0.6) is 0 Å². The predicted octanol–water partition coefficient (Wildman–Crippen LogP) is 2.14. The highest BCUT2D eigenvalue weighted by Gasteiger charge is 2.21. The van der Waals surface area contributed by atoms with Crippen LogP contribution in [0.15, 0.2) is 48.5 Å². The van der Waals surface area contributed by atoms with E-state index in [0.717, 1.165) is 56.1 Å². The van der Waals surface area contributed by atoms with E-state index in [1.54, 1.807) is 0 Å². The Morgan fingerprint density at radius 1 is 0.967 bits per heavy atom. The minimum Gasteiger partial charge on any atom is -0.322 e. The summed E-state index contributed by atoms with van der Waals surface area (Å²) in [6, 6.07) is 16.2. The first-order valence-corrected chi connectivity index (χ1v) is 12.1. The Hall–Kier alpha value is -1.97. The summed E-state index contributed by atoms with van der Waals surface area (Å²) in [5, 5.41) is 5.81. The number of piperazine rings is 1. The van der Waals surface area contributed by atoms with Crippen molar-refractivity contribution >= 4 is 32.7 Å². The van der Waals surface area contributed by atoms with Gasteiger partial charge in [0.25, 0.3) is 0 Å². The first-order chi connectivity index (χ1) is 14.4. The van der Waals surface area contributed by atoms with E-state index < -0.39 is 10.0 Å². The van der Waals surface area contributed by atoms with E-state index in [1.807, 2.05) is 36.4 Å². The van der Waals surface area contributed by atoms with Gasteiger partial charge in [-0.15, -0.1) is 0 Å². The molecule has 1 aliphatic rings. The zero-order chi connectivity index (χ0) is 21.1. The number of nitrogens with two attached hydrogens (primary N) is 1. The quantitative estimate of drug-likeness (QED) is 0.599. The number of hydrogen-bond donors (Lipinski definition) is 1. The third-order valence-electron chi connectivity index (χ3n) is 5.49. The molecule has 0 atom stereocenters. The molecule has 2 heterocycles. The minimum atomic E-state index is -3.42. The number of benzene rings is 2. The molecule has 0 bridgehead atoms. The van der Waals surface area contributed by atoms with Gasteiger partial charge in [-0.1, -0.05) is 41.9 Å². The van der Waals surface area contributed by atoms with Gasteiger partial charge in [-0.3, -0.25) is 9.80 Å². The van der Waals surface area contributed by atoms with Crippen molar-refractivity contribution in [3.63, 3.8) is 0 Å². The fraction of sp³-hybridized carbons (Fsp3) is 0.381. The Morgan fingerprint density at radius 3 is 2.37 bits per heavy atom. The maximum Gasteiger partial charge on any atom is 0.210 e. The summed E-state index contributed by atoms with van der Waals surface area (Å²) >= 11 is 6.19. The lowest BCUT2D eigenvalue weighted by molar-refractivity contribution is 0.129. The van der Waals surface area contributed by atoms with Crippen molar-refractivity contribution in [2.75, 3.05) is 38.5 Å². The number of imidazole rings is 1. The first-order valence-electron chi connectivity index (χ1n) is 10.0. The monoisotopic (exact) mass is 447 g/mol. The average Bonchev–Trinajstić information content (AvgIpc) is 3.03. The zero-order valence-electron chi connectivity index (χ0n) is 16.7. The highest BCUT2D eigenvalue weighted by molar-refractivity contribution is 7.89. The maximum absolute atomic E-state index is 11.2. The van der Waals surface area contributed by atoms with E-state index in [0.29, 0.717) is 11.6 Å². The van der Waals surface area contributed by atoms with Crippen molar-refractivity contribution in [1.82, 2.24) is 19.4 Å². The molecule has 30 heavy (non-hydrogen) atoms. The van der Waals surface area contributed by atoms with Crippen LogP contribution in [-0.4, -0.2) is 66.2 Å². The van der Waals surface area contributed by atoms with E-state index in [2.05, 4.69) is 26.5 Å². The zero-order valence-corrected chi connectivity index (χ0v) is 18.3. The summed E-state index contributed by atoms with van der Waals surface area (Å²) < 4.78 is 24.7. The van der Waals surface area contributed by atoms with Gasteiger partial charge in [0.15, 0.2) is 0 Å².